The van der Waals surface area contributed by atoms with Crippen LogP contribution in [0, 0.1) is 0 Å². The molecule has 0 saturated carbocycles. The maximum atomic E-state index is 12.0. The monoisotopic (exact) mass is 248 g/mol. The van der Waals surface area contributed by atoms with Crippen molar-refractivity contribution in [1.29, 1.82) is 0 Å². The van der Waals surface area contributed by atoms with Gasteiger partial charge in [0, 0.05) is 12.1 Å². The number of hydrogen-bond donors (Lipinski definition) is 3. The van der Waals surface area contributed by atoms with Gasteiger partial charge in [-0.25, -0.2) is 0 Å². The molecule has 1 aliphatic heterocycles. The van der Waals surface area contributed by atoms with Gasteiger partial charge in [-0.1, -0.05) is 18.2 Å². The van der Waals surface area contributed by atoms with Gasteiger partial charge in [0.05, 0.1) is 5.54 Å². The van der Waals surface area contributed by atoms with Crippen LogP contribution in [0.5, 0.6) is 0 Å². The van der Waals surface area contributed by atoms with Crippen molar-refractivity contribution in [2.24, 2.45) is 0 Å². The second-order valence-corrected chi connectivity index (χ2v) is 4.86. The molecule has 1 heterocycles. The van der Waals surface area contributed by atoms with Gasteiger partial charge in [0.1, 0.15) is 6.04 Å². The van der Waals surface area contributed by atoms with E-state index in [2.05, 4.69) is 10.6 Å². The fourth-order valence-electron chi connectivity index (χ4n) is 2.15. The third-order valence-corrected chi connectivity index (χ3v) is 3.14. The number of rotatable bonds is 3. The minimum absolute atomic E-state index is 0.175. The second-order valence-electron chi connectivity index (χ2n) is 4.86. The lowest BCUT2D eigenvalue weighted by Gasteiger charge is -2.24. The molecule has 0 spiro atoms. The number of hydrogen-bond acceptors (Lipinski definition) is 3. The van der Waals surface area contributed by atoms with Crippen LogP contribution in [0.25, 0.3) is 0 Å². The number of benzene rings is 1. The summed E-state index contributed by atoms with van der Waals surface area (Å²) in [6, 6.07) is 8.31. The van der Waals surface area contributed by atoms with Crippen LogP contribution in [-0.4, -0.2) is 35.1 Å². The van der Waals surface area contributed by atoms with E-state index in [1.54, 1.807) is 24.3 Å². The van der Waals surface area contributed by atoms with Gasteiger partial charge in [-0.2, -0.15) is 0 Å². The fraction of sp³-hybridized carbons (Fsp3) is 0.385. The summed E-state index contributed by atoms with van der Waals surface area (Å²) in [6.07, 6.45) is 0.390. The lowest BCUT2D eigenvalue weighted by molar-refractivity contribution is -0.139. The Hall–Kier alpha value is -1.88. The van der Waals surface area contributed by atoms with Gasteiger partial charge < -0.3 is 15.7 Å². The maximum Gasteiger partial charge on any atom is 0.320 e. The van der Waals surface area contributed by atoms with Crippen LogP contribution in [0.2, 0.25) is 0 Å². The molecule has 5 nitrogen and oxygen atoms in total. The summed E-state index contributed by atoms with van der Waals surface area (Å²) >= 11 is 0. The highest BCUT2D eigenvalue weighted by Gasteiger charge is 2.39. The molecule has 96 valence electrons. The number of nitrogens with one attached hydrogen (secondary N) is 2. The van der Waals surface area contributed by atoms with Gasteiger partial charge in [-0.15, -0.1) is 0 Å². The molecule has 18 heavy (non-hydrogen) atoms. The molecule has 1 saturated heterocycles. The summed E-state index contributed by atoms with van der Waals surface area (Å²) < 4.78 is 0. The zero-order valence-corrected chi connectivity index (χ0v) is 10.1. The summed E-state index contributed by atoms with van der Waals surface area (Å²) in [5.74, 6) is -1.06. The van der Waals surface area contributed by atoms with Crippen molar-refractivity contribution in [3.8, 4) is 0 Å². The van der Waals surface area contributed by atoms with Crippen LogP contribution in [0.1, 0.15) is 23.7 Å². The maximum absolute atomic E-state index is 12.0. The van der Waals surface area contributed by atoms with Gasteiger partial charge in [0.25, 0.3) is 5.91 Å². The number of carboxylic acids is 1. The third kappa shape index (κ3) is 2.68. The van der Waals surface area contributed by atoms with E-state index in [1.165, 1.54) is 0 Å². The van der Waals surface area contributed by atoms with Crippen molar-refractivity contribution in [3.63, 3.8) is 0 Å². The first kappa shape index (κ1) is 12.6. The Morgan fingerprint density at radius 3 is 2.61 bits per heavy atom. The Bertz CT molecular complexity index is 461. The van der Waals surface area contributed by atoms with Crippen LogP contribution in [0.15, 0.2) is 30.3 Å². The number of carbonyl (C=O) groups is 2. The number of carbonyl (C=O) groups excluding carboxylic acids is 1. The minimum Gasteiger partial charge on any atom is -0.480 e. The molecule has 0 radical (unpaired) electrons. The highest BCUT2D eigenvalue weighted by atomic mass is 16.4. The largest absolute Gasteiger partial charge is 0.480 e. The van der Waals surface area contributed by atoms with Gasteiger partial charge >= 0.3 is 5.97 Å². The predicted molar refractivity (Wildman–Crippen MR) is 66.4 cm³/mol. The molecule has 1 aromatic rings. The number of amides is 1. The van der Waals surface area contributed by atoms with E-state index in [1.807, 2.05) is 13.0 Å². The van der Waals surface area contributed by atoms with Crippen LogP contribution in [0.3, 0.4) is 0 Å². The van der Waals surface area contributed by atoms with E-state index < -0.39 is 17.6 Å². The van der Waals surface area contributed by atoms with Crippen molar-refractivity contribution in [2.45, 2.75) is 24.9 Å². The topological polar surface area (TPSA) is 78.4 Å². The minimum atomic E-state index is -0.882. The molecular weight excluding hydrogens is 232 g/mol. The van der Waals surface area contributed by atoms with Gasteiger partial charge in [-0.05, 0) is 25.5 Å². The van der Waals surface area contributed by atoms with Gasteiger partial charge in [-0.3, -0.25) is 9.59 Å². The molecular formula is C13H16N2O3. The fourth-order valence-corrected chi connectivity index (χ4v) is 2.15. The zero-order chi connectivity index (χ0) is 13.2. The normalized spacial score (nSPS) is 26.8. The van der Waals surface area contributed by atoms with E-state index in [0.717, 1.165) is 0 Å². The Kier molecular flexibility index (Phi) is 3.34. The highest BCUT2D eigenvalue weighted by molar-refractivity contribution is 5.94. The molecule has 2 unspecified atom stereocenters. The number of carboxylic acid groups (broad SMARTS) is 1. The van der Waals surface area contributed by atoms with Crippen molar-refractivity contribution < 1.29 is 14.7 Å². The van der Waals surface area contributed by atoms with Crippen LogP contribution in [-0.2, 0) is 4.79 Å². The zero-order valence-electron chi connectivity index (χ0n) is 10.1. The smallest absolute Gasteiger partial charge is 0.320 e. The van der Waals surface area contributed by atoms with Crippen LogP contribution < -0.4 is 10.6 Å². The Labute approximate surface area is 105 Å². The highest BCUT2D eigenvalue weighted by Crippen LogP contribution is 2.19. The van der Waals surface area contributed by atoms with Crippen molar-refractivity contribution in [1.82, 2.24) is 10.6 Å². The average molecular weight is 248 g/mol. The first-order valence-electron chi connectivity index (χ1n) is 5.84. The Morgan fingerprint density at radius 2 is 2.06 bits per heavy atom. The SMILES string of the molecule is CC1(NC(=O)c2ccccc2)CNC(C(=O)O)C1. The molecule has 3 N–H and O–H groups in total. The third-order valence-electron chi connectivity index (χ3n) is 3.14. The molecule has 2 atom stereocenters. The molecule has 1 aromatic carbocycles. The molecule has 0 aliphatic carbocycles. The molecule has 1 fully saturated rings. The lowest BCUT2D eigenvalue weighted by Crippen LogP contribution is -2.47. The quantitative estimate of drug-likeness (QED) is 0.732. The average Bonchev–Trinajstić information content (AvgIpc) is 2.73. The standard InChI is InChI=1S/C13H16N2O3/c1-13(7-10(12(17)18)14-8-13)15-11(16)9-5-3-2-4-6-9/h2-6,10,14H,7-8H2,1H3,(H,15,16)(H,17,18). The van der Waals surface area contributed by atoms with Crippen LogP contribution in [0.4, 0.5) is 0 Å². The predicted octanol–water partition coefficient (Wildman–Crippen LogP) is 0.622. The van der Waals surface area contributed by atoms with Gasteiger partial charge in [0.15, 0.2) is 0 Å². The van der Waals surface area contributed by atoms with Gasteiger partial charge in [0.2, 0.25) is 0 Å². The summed E-state index contributed by atoms with van der Waals surface area (Å²) in [6.45, 7) is 2.31. The Balaban J connectivity index is 2.02. The second kappa shape index (κ2) is 4.78. The Morgan fingerprint density at radius 1 is 1.39 bits per heavy atom. The van der Waals surface area contributed by atoms with Crippen molar-refractivity contribution in [3.05, 3.63) is 35.9 Å². The van der Waals surface area contributed by atoms with E-state index in [-0.39, 0.29) is 5.91 Å². The van der Waals surface area contributed by atoms with E-state index in [9.17, 15) is 9.59 Å². The number of aliphatic carboxylic acids is 1. The summed E-state index contributed by atoms with van der Waals surface area (Å²) in [7, 11) is 0. The molecule has 1 aliphatic rings. The van der Waals surface area contributed by atoms with E-state index >= 15 is 0 Å². The van der Waals surface area contributed by atoms with Crippen molar-refractivity contribution >= 4 is 11.9 Å². The molecule has 2 rings (SSSR count). The first-order chi connectivity index (χ1) is 8.50. The van der Waals surface area contributed by atoms with E-state index in [0.29, 0.717) is 18.5 Å². The summed E-state index contributed by atoms with van der Waals surface area (Å²) in [5, 5.41) is 14.7. The molecule has 1 amide bonds. The molecule has 0 bridgehead atoms. The summed E-state index contributed by atoms with van der Waals surface area (Å²) in [4.78, 5) is 22.9. The van der Waals surface area contributed by atoms with E-state index in [4.69, 9.17) is 5.11 Å². The van der Waals surface area contributed by atoms with Crippen LogP contribution >= 0.6 is 0 Å². The molecule has 0 aromatic heterocycles. The van der Waals surface area contributed by atoms with Crippen molar-refractivity contribution in [2.75, 3.05) is 6.54 Å². The summed E-state index contributed by atoms with van der Waals surface area (Å²) in [5.41, 5.74) is 0.0631. The lowest BCUT2D eigenvalue weighted by atomic mass is 9.98. The first-order valence-corrected chi connectivity index (χ1v) is 5.84. The molecule has 5 heteroatoms.